The predicted octanol–water partition coefficient (Wildman–Crippen LogP) is 2.48. The first-order valence-corrected chi connectivity index (χ1v) is 10.3. The van der Waals surface area contributed by atoms with Crippen molar-refractivity contribution in [2.45, 2.75) is 39.0 Å². The number of carbonyl (C=O) groups is 1. The predicted molar refractivity (Wildman–Crippen MR) is 107 cm³/mol. The van der Waals surface area contributed by atoms with Crippen molar-refractivity contribution >= 4 is 23.4 Å². The molecule has 3 rings (SSSR count). The van der Waals surface area contributed by atoms with Crippen LogP contribution in [0.4, 0.5) is 5.69 Å². The Hall–Kier alpha value is -1.90. The molecule has 2 aromatic rings. The molecule has 1 fully saturated rings. The zero-order valence-electron chi connectivity index (χ0n) is 16.2. The Morgan fingerprint density at radius 2 is 2.00 bits per heavy atom. The van der Waals surface area contributed by atoms with Gasteiger partial charge in [0.15, 0.2) is 5.16 Å². The van der Waals surface area contributed by atoms with Gasteiger partial charge in [0.25, 0.3) is 0 Å². The molecule has 0 radical (unpaired) electrons. The van der Waals surface area contributed by atoms with Crippen molar-refractivity contribution in [1.82, 2.24) is 19.7 Å². The Kier molecular flexibility index (Phi) is 6.87. The number of nitrogens with one attached hydrogen (secondary N) is 1. The van der Waals surface area contributed by atoms with Gasteiger partial charge >= 0.3 is 0 Å². The lowest BCUT2D eigenvalue weighted by atomic mass is 10.1. The van der Waals surface area contributed by atoms with E-state index in [9.17, 15) is 4.79 Å². The van der Waals surface area contributed by atoms with E-state index in [4.69, 9.17) is 4.74 Å². The molecule has 0 saturated carbocycles. The van der Waals surface area contributed by atoms with Gasteiger partial charge in [0.05, 0.1) is 25.5 Å². The van der Waals surface area contributed by atoms with E-state index in [1.54, 1.807) is 0 Å². The molecule has 7 nitrogen and oxygen atoms in total. The van der Waals surface area contributed by atoms with E-state index in [2.05, 4.69) is 38.8 Å². The summed E-state index contributed by atoms with van der Waals surface area (Å²) in [5.74, 6) is 1.21. The molecular formula is C19H27N5O2S. The van der Waals surface area contributed by atoms with E-state index in [1.165, 1.54) is 22.9 Å². The van der Waals surface area contributed by atoms with Crippen LogP contribution in [-0.4, -0.2) is 57.6 Å². The van der Waals surface area contributed by atoms with Crippen molar-refractivity contribution < 1.29 is 9.53 Å². The van der Waals surface area contributed by atoms with Crippen LogP contribution in [0.5, 0.6) is 0 Å². The molecule has 1 aliphatic rings. The number of carbonyl (C=O) groups excluding carboxylic acids is 1. The van der Waals surface area contributed by atoms with E-state index in [0.717, 1.165) is 56.1 Å². The lowest BCUT2D eigenvalue weighted by Crippen LogP contribution is -2.36. The van der Waals surface area contributed by atoms with Gasteiger partial charge in [-0.3, -0.25) is 9.69 Å². The molecule has 1 amide bonds. The number of nitrogens with zero attached hydrogens (tertiary/aromatic N) is 4. The van der Waals surface area contributed by atoms with Gasteiger partial charge in [0, 0.05) is 25.3 Å². The molecule has 8 heteroatoms. The van der Waals surface area contributed by atoms with Crippen LogP contribution in [-0.2, 0) is 22.6 Å². The fourth-order valence-electron chi connectivity index (χ4n) is 2.97. The monoisotopic (exact) mass is 389 g/mol. The third-order valence-electron chi connectivity index (χ3n) is 4.70. The summed E-state index contributed by atoms with van der Waals surface area (Å²) in [7, 11) is 0. The van der Waals surface area contributed by atoms with Crippen molar-refractivity contribution in [2.24, 2.45) is 0 Å². The van der Waals surface area contributed by atoms with Gasteiger partial charge in [0.2, 0.25) is 5.91 Å². The van der Waals surface area contributed by atoms with Crippen LogP contribution >= 0.6 is 11.8 Å². The molecule has 0 spiro atoms. The summed E-state index contributed by atoms with van der Waals surface area (Å²) < 4.78 is 7.48. The number of rotatable bonds is 7. The second kappa shape index (κ2) is 9.34. The molecule has 1 aromatic heterocycles. The van der Waals surface area contributed by atoms with E-state index >= 15 is 0 Å². The average Bonchev–Trinajstić information content (AvgIpc) is 3.05. The van der Waals surface area contributed by atoms with Crippen molar-refractivity contribution in [3.8, 4) is 0 Å². The van der Waals surface area contributed by atoms with Crippen molar-refractivity contribution in [3.63, 3.8) is 0 Å². The number of aryl methyl sites for hydroxylation is 2. The van der Waals surface area contributed by atoms with Gasteiger partial charge in [-0.05, 0) is 44.0 Å². The highest BCUT2D eigenvalue weighted by Crippen LogP contribution is 2.19. The third-order valence-corrected chi connectivity index (χ3v) is 5.67. The number of morpholine rings is 1. The maximum absolute atomic E-state index is 12.3. The first-order valence-electron chi connectivity index (χ1n) is 9.29. The van der Waals surface area contributed by atoms with Crippen LogP contribution in [0.1, 0.15) is 23.9 Å². The van der Waals surface area contributed by atoms with Crippen LogP contribution in [0.2, 0.25) is 0 Å². The molecule has 1 aromatic carbocycles. The Bertz CT molecular complexity index is 786. The van der Waals surface area contributed by atoms with Gasteiger partial charge in [-0.1, -0.05) is 17.8 Å². The number of hydrogen-bond acceptors (Lipinski definition) is 6. The van der Waals surface area contributed by atoms with Gasteiger partial charge < -0.3 is 14.6 Å². The van der Waals surface area contributed by atoms with Crippen LogP contribution < -0.4 is 5.32 Å². The molecule has 0 atom stereocenters. The minimum absolute atomic E-state index is 0.0383. The summed E-state index contributed by atoms with van der Waals surface area (Å²) in [6.07, 6.45) is 0. The second-order valence-corrected chi connectivity index (χ2v) is 7.61. The molecule has 27 heavy (non-hydrogen) atoms. The van der Waals surface area contributed by atoms with Crippen molar-refractivity contribution in [2.75, 3.05) is 37.4 Å². The SMILES string of the molecule is CCn1c(CN2CCOCC2)nnc1SCC(=O)Nc1ccc(C)c(C)c1. The van der Waals surface area contributed by atoms with Crippen LogP contribution in [0.25, 0.3) is 0 Å². The molecule has 2 heterocycles. The van der Waals surface area contributed by atoms with E-state index in [-0.39, 0.29) is 5.91 Å². The molecule has 0 unspecified atom stereocenters. The first kappa shape index (κ1) is 19.9. The molecule has 1 N–H and O–H groups in total. The van der Waals surface area contributed by atoms with Crippen LogP contribution in [0.3, 0.4) is 0 Å². The topological polar surface area (TPSA) is 72.3 Å². The highest BCUT2D eigenvalue weighted by molar-refractivity contribution is 7.99. The molecular weight excluding hydrogens is 362 g/mol. The smallest absolute Gasteiger partial charge is 0.234 e. The molecule has 0 bridgehead atoms. The average molecular weight is 390 g/mol. The zero-order chi connectivity index (χ0) is 19.2. The first-order chi connectivity index (χ1) is 13.1. The number of aromatic nitrogens is 3. The summed E-state index contributed by atoms with van der Waals surface area (Å²) in [5, 5.41) is 12.4. The number of benzene rings is 1. The van der Waals surface area contributed by atoms with E-state index in [1.807, 2.05) is 25.1 Å². The largest absolute Gasteiger partial charge is 0.379 e. The number of hydrogen-bond donors (Lipinski definition) is 1. The highest BCUT2D eigenvalue weighted by atomic mass is 32.2. The van der Waals surface area contributed by atoms with Crippen LogP contribution in [0, 0.1) is 13.8 Å². The maximum Gasteiger partial charge on any atom is 0.234 e. The Morgan fingerprint density at radius 1 is 1.22 bits per heavy atom. The van der Waals surface area contributed by atoms with Gasteiger partial charge in [-0.15, -0.1) is 10.2 Å². The minimum Gasteiger partial charge on any atom is -0.379 e. The number of anilines is 1. The number of ether oxygens (including phenoxy) is 1. The Balaban J connectivity index is 1.56. The molecule has 1 aliphatic heterocycles. The summed E-state index contributed by atoms with van der Waals surface area (Å²) in [6, 6.07) is 5.94. The Morgan fingerprint density at radius 3 is 2.70 bits per heavy atom. The lowest BCUT2D eigenvalue weighted by molar-refractivity contribution is -0.113. The van der Waals surface area contributed by atoms with E-state index < -0.39 is 0 Å². The lowest BCUT2D eigenvalue weighted by Gasteiger charge is -2.26. The molecule has 0 aliphatic carbocycles. The minimum atomic E-state index is -0.0383. The van der Waals surface area contributed by atoms with Crippen molar-refractivity contribution in [1.29, 1.82) is 0 Å². The quantitative estimate of drug-likeness (QED) is 0.734. The fourth-order valence-corrected chi connectivity index (χ4v) is 3.79. The summed E-state index contributed by atoms with van der Waals surface area (Å²) >= 11 is 1.42. The normalized spacial score (nSPS) is 15.1. The van der Waals surface area contributed by atoms with Gasteiger partial charge in [0.1, 0.15) is 5.82 Å². The second-order valence-electron chi connectivity index (χ2n) is 6.67. The summed E-state index contributed by atoms with van der Waals surface area (Å²) in [4.78, 5) is 14.6. The van der Waals surface area contributed by atoms with Crippen LogP contribution in [0.15, 0.2) is 23.4 Å². The maximum atomic E-state index is 12.3. The third kappa shape index (κ3) is 5.31. The van der Waals surface area contributed by atoms with Gasteiger partial charge in [-0.2, -0.15) is 0 Å². The molecule has 1 saturated heterocycles. The summed E-state index contributed by atoms with van der Waals surface area (Å²) in [5.41, 5.74) is 3.21. The fraction of sp³-hybridized carbons (Fsp3) is 0.526. The van der Waals surface area contributed by atoms with Crippen molar-refractivity contribution in [3.05, 3.63) is 35.2 Å². The molecule has 146 valence electrons. The van der Waals surface area contributed by atoms with Gasteiger partial charge in [-0.25, -0.2) is 0 Å². The summed E-state index contributed by atoms with van der Waals surface area (Å²) in [6.45, 7) is 11.1. The standard InChI is InChI=1S/C19H27N5O2S/c1-4-24-17(12-23-7-9-26-10-8-23)21-22-19(24)27-13-18(25)20-16-6-5-14(2)15(3)11-16/h5-6,11H,4,7-10,12-13H2,1-3H3,(H,20,25). The number of thioether (sulfide) groups is 1. The van der Waals surface area contributed by atoms with E-state index in [0.29, 0.717) is 5.75 Å². The highest BCUT2D eigenvalue weighted by Gasteiger charge is 2.17. The number of amides is 1. The zero-order valence-corrected chi connectivity index (χ0v) is 17.0. The Labute approximate surface area is 164 Å².